The summed E-state index contributed by atoms with van der Waals surface area (Å²) in [4.78, 5) is 0. The van der Waals surface area contributed by atoms with Gasteiger partial charge in [0, 0.05) is 24.2 Å². The lowest BCUT2D eigenvalue weighted by molar-refractivity contribution is 0.474. The van der Waals surface area contributed by atoms with E-state index < -0.39 is 0 Å². The molecule has 0 aliphatic carbocycles. The van der Waals surface area contributed by atoms with Crippen molar-refractivity contribution < 1.29 is 10.2 Å². The van der Waals surface area contributed by atoms with Crippen molar-refractivity contribution in [3.05, 3.63) is 59.7 Å². The molecule has 0 aromatic heterocycles. The highest BCUT2D eigenvalue weighted by Gasteiger charge is 1.98. The van der Waals surface area contributed by atoms with Crippen molar-refractivity contribution in [2.75, 3.05) is 13.1 Å². The van der Waals surface area contributed by atoms with Crippen LogP contribution in [0.5, 0.6) is 11.5 Å². The van der Waals surface area contributed by atoms with Crippen LogP contribution >= 0.6 is 24.4 Å². The van der Waals surface area contributed by atoms with E-state index in [1.54, 1.807) is 48.5 Å². The summed E-state index contributed by atoms with van der Waals surface area (Å²) in [5.41, 5.74) is 6.49. The number of nitrogens with one attached hydrogen (secondary N) is 4. The predicted molar refractivity (Wildman–Crippen MR) is 119 cm³/mol. The lowest BCUT2D eigenvalue weighted by Gasteiger charge is -2.09. The largest absolute Gasteiger partial charge is 0.507 e. The summed E-state index contributed by atoms with van der Waals surface area (Å²) < 4.78 is 0. The number of phenolic OH excluding ortho intramolecular Hbond substituents is 2. The molecule has 146 valence electrons. The van der Waals surface area contributed by atoms with Crippen molar-refractivity contribution in [2.24, 2.45) is 10.2 Å². The molecule has 0 saturated carbocycles. The lowest BCUT2D eigenvalue weighted by Crippen LogP contribution is -2.40. The van der Waals surface area contributed by atoms with Gasteiger partial charge < -0.3 is 20.8 Å². The topological polar surface area (TPSA) is 113 Å². The molecule has 2 rings (SSSR count). The standard InChI is InChI=1S/C18H20N6O2S2/c25-15-7-3-1-5-13(15)11-21-23-17(27)19-9-10-20-18(28)24-22-12-14-6-2-4-8-16(14)26/h1-8,11-12,25-26H,9-10H2,(H2,19,23,27)(H2,20,24,28)/b21-11+,22-12+. The molecule has 0 bridgehead atoms. The predicted octanol–water partition coefficient (Wildman–Crippen LogP) is 1.39. The SMILES string of the molecule is Oc1ccccc1/C=N/NC(=S)NCCNC(=S)N/N=C/c1ccccc1O. The summed E-state index contributed by atoms with van der Waals surface area (Å²) in [5, 5.41) is 33.7. The molecule has 0 aliphatic rings. The Morgan fingerprint density at radius 2 is 1.14 bits per heavy atom. The fraction of sp³-hybridized carbons (Fsp3) is 0.111. The molecule has 0 fully saturated rings. The zero-order valence-corrected chi connectivity index (χ0v) is 16.4. The summed E-state index contributed by atoms with van der Waals surface area (Å²) in [7, 11) is 0. The Kier molecular flexibility index (Phi) is 8.63. The van der Waals surface area contributed by atoms with Gasteiger partial charge in [-0.3, -0.25) is 10.9 Å². The molecule has 8 nitrogen and oxygen atoms in total. The van der Waals surface area contributed by atoms with E-state index in [0.29, 0.717) is 34.4 Å². The van der Waals surface area contributed by atoms with Crippen molar-refractivity contribution in [3.63, 3.8) is 0 Å². The maximum atomic E-state index is 9.62. The van der Waals surface area contributed by atoms with E-state index in [9.17, 15) is 10.2 Å². The Labute approximate surface area is 173 Å². The summed E-state index contributed by atoms with van der Waals surface area (Å²) in [6.45, 7) is 1.01. The minimum absolute atomic E-state index is 0.141. The number of hydrogen-bond donors (Lipinski definition) is 6. The van der Waals surface area contributed by atoms with Gasteiger partial charge in [-0.15, -0.1) is 0 Å². The van der Waals surface area contributed by atoms with Crippen LogP contribution in [0, 0.1) is 0 Å². The van der Waals surface area contributed by atoms with Gasteiger partial charge in [-0.2, -0.15) is 10.2 Å². The molecule has 10 heteroatoms. The number of phenols is 2. The summed E-state index contributed by atoms with van der Waals surface area (Å²) in [6.07, 6.45) is 2.95. The highest BCUT2D eigenvalue weighted by molar-refractivity contribution is 7.80. The smallest absolute Gasteiger partial charge is 0.187 e. The Balaban J connectivity index is 1.60. The number of thiocarbonyl (C=S) groups is 2. The van der Waals surface area contributed by atoms with E-state index in [-0.39, 0.29) is 11.5 Å². The molecule has 0 saturated heterocycles. The van der Waals surface area contributed by atoms with Crippen LogP contribution in [0.25, 0.3) is 0 Å². The molecule has 0 heterocycles. The first-order chi connectivity index (χ1) is 13.6. The van der Waals surface area contributed by atoms with Crippen molar-refractivity contribution in [3.8, 4) is 11.5 Å². The number of aromatic hydroxyl groups is 2. The molecule has 28 heavy (non-hydrogen) atoms. The Morgan fingerprint density at radius 1 is 0.750 bits per heavy atom. The van der Waals surface area contributed by atoms with E-state index in [4.69, 9.17) is 24.4 Å². The van der Waals surface area contributed by atoms with Crippen LogP contribution in [-0.2, 0) is 0 Å². The van der Waals surface area contributed by atoms with E-state index in [0.717, 1.165) is 0 Å². The van der Waals surface area contributed by atoms with E-state index in [2.05, 4.69) is 31.7 Å². The Hall–Kier alpha value is -3.24. The van der Waals surface area contributed by atoms with Crippen LogP contribution in [0.4, 0.5) is 0 Å². The molecule has 0 radical (unpaired) electrons. The van der Waals surface area contributed by atoms with Gasteiger partial charge in [0.2, 0.25) is 0 Å². The van der Waals surface area contributed by atoms with Gasteiger partial charge in [-0.25, -0.2) is 0 Å². The Bertz CT molecular complexity index is 801. The molecule has 0 spiro atoms. The van der Waals surface area contributed by atoms with Gasteiger partial charge in [-0.05, 0) is 48.7 Å². The third-order valence-corrected chi connectivity index (χ3v) is 3.78. The number of para-hydroxylation sites is 2. The maximum absolute atomic E-state index is 9.62. The number of rotatable bonds is 7. The number of hydrogen-bond acceptors (Lipinski definition) is 6. The highest BCUT2D eigenvalue weighted by Crippen LogP contribution is 2.13. The second-order valence-electron chi connectivity index (χ2n) is 5.37. The van der Waals surface area contributed by atoms with E-state index >= 15 is 0 Å². The molecule has 0 amide bonds. The zero-order chi connectivity index (χ0) is 20.2. The van der Waals surface area contributed by atoms with Gasteiger partial charge >= 0.3 is 0 Å². The van der Waals surface area contributed by atoms with Gasteiger partial charge in [0.25, 0.3) is 0 Å². The Morgan fingerprint density at radius 3 is 1.54 bits per heavy atom. The van der Waals surface area contributed by atoms with Crippen molar-refractivity contribution >= 4 is 47.1 Å². The first kappa shape index (κ1) is 21.1. The van der Waals surface area contributed by atoms with Crippen LogP contribution in [0.3, 0.4) is 0 Å². The van der Waals surface area contributed by atoms with Crippen LogP contribution in [0.2, 0.25) is 0 Å². The molecule has 2 aromatic carbocycles. The van der Waals surface area contributed by atoms with Crippen molar-refractivity contribution in [1.29, 1.82) is 0 Å². The molecular weight excluding hydrogens is 396 g/mol. The maximum Gasteiger partial charge on any atom is 0.187 e. The van der Waals surface area contributed by atoms with Crippen LogP contribution in [0.1, 0.15) is 11.1 Å². The third kappa shape index (κ3) is 7.56. The minimum atomic E-state index is 0.141. The average Bonchev–Trinajstić information content (AvgIpc) is 2.68. The monoisotopic (exact) mass is 416 g/mol. The molecule has 0 aliphatic heterocycles. The van der Waals surface area contributed by atoms with Gasteiger partial charge in [0.05, 0.1) is 12.4 Å². The van der Waals surface area contributed by atoms with E-state index in [1.165, 1.54) is 12.4 Å². The average molecular weight is 417 g/mol. The quantitative estimate of drug-likeness (QED) is 0.174. The van der Waals surface area contributed by atoms with Crippen LogP contribution in [0.15, 0.2) is 58.7 Å². The molecular formula is C18H20N6O2S2. The van der Waals surface area contributed by atoms with Crippen molar-refractivity contribution in [2.45, 2.75) is 0 Å². The number of hydrazone groups is 2. The fourth-order valence-electron chi connectivity index (χ4n) is 1.95. The van der Waals surface area contributed by atoms with Crippen LogP contribution < -0.4 is 21.5 Å². The number of benzene rings is 2. The minimum Gasteiger partial charge on any atom is -0.507 e. The van der Waals surface area contributed by atoms with Gasteiger partial charge in [0.15, 0.2) is 10.2 Å². The highest BCUT2D eigenvalue weighted by atomic mass is 32.1. The first-order valence-electron chi connectivity index (χ1n) is 8.26. The fourth-order valence-corrected chi connectivity index (χ4v) is 2.25. The van der Waals surface area contributed by atoms with Crippen LogP contribution in [-0.4, -0.2) is 46.0 Å². The molecule has 0 unspecified atom stereocenters. The zero-order valence-electron chi connectivity index (χ0n) is 14.8. The van der Waals surface area contributed by atoms with Crippen molar-refractivity contribution in [1.82, 2.24) is 21.5 Å². The summed E-state index contributed by atoms with van der Waals surface area (Å²) in [5.74, 6) is 0.282. The molecule has 0 atom stereocenters. The second-order valence-corrected chi connectivity index (χ2v) is 6.19. The number of nitrogens with zero attached hydrogens (tertiary/aromatic N) is 2. The first-order valence-corrected chi connectivity index (χ1v) is 9.07. The molecule has 6 N–H and O–H groups in total. The lowest BCUT2D eigenvalue weighted by atomic mass is 10.2. The van der Waals surface area contributed by atoms with Gasteiger partial charge in [0.1, 0.15) is 11.5 Å². The summed E-state index contributed by atoms with van der Waals surface area (Å²) in [6, 6.07) is 13.7. The second kappa shape index (κ2) is 11.5. The van der Waals surface area contributed by atoms with E-state index in [1.807, 2.05) is 0 Å². The normalized spacial score (nSPS) is 10.7. The third-order valence-electron chi connectivity index (χ3n) is 3.31. The summed E-state index contributed by atoms with van der Waals surface area (Å²) >= 11 is 10.2. The molecule has 2 aromatic rings. The van der Waals surface area contributed by atoms with Gasteiger partial charge in [-0.1, -0.05) is 24.3 Å².